The molecule has 2 heterocycles. The van der Waals surface area contributed by atoms with Crippen molar-refractivity contribution in [3.8, 4) is 11.3 Å². The first-order chi connectivity index (χ1) is 12.2. The number of aliphatic carboxylic acids is 1. The number of benzene rings is 1. The van der Waals surface area contributed by atoms with Gasteiger partial charge in [0, 0.05) is 18.7 Å². The molecule has 1 aliphatic heterocycles. The van der Waals surface area contributed by atoms with Gasteiger partial charge in [-0.3, -0.25) is 9.59 Å². The van der Waals surface area contributed by atoms with Gasteiger partial charge in [0.05, 0.1) is 22.5 Å². The number of aryl methyl sites for hydroxylation is 1. The van der Waals surface area contributed by atoms with Crippen LogP contribution in [0.3, 0.4) is 0 Å². The lowest BCUT2D eigenvalue weighted by molar-refractivity contribution is -0.187. The lowest BCUT2D eigenvalue weighted by atomic mass is 9.96. The molecule has 1 aromatic carbocycles. The first kappa shape index (κ1) is 18.4. The van der Waals surface area contributed by atoms with Gasteiger partial charge in [-0.25, -0.2) is 4.98 Å². The highest BCUT2D eigenvalue weighted by atomic mass is 32.1. The third kappa shape index (κ3) is 3.44. The second-order valence-electron chi connectivity index (χ2n) is 6.08. The van der Waals surface area contributed by atoms with Gasteiger partial charge in [-0.05, 0) is 6.92 Å². The summed E-state index contributed by atoms with van der Waals surface area (Å²) in [7, 11) is 0. The standard InChI is InChI=1S/C17H15F3N2O3S/c1-9-21-13(10-5-3-2-4-6-10)14(26-9)15(23)22-7-11(16(24)25)12(8-22)17(18,19)20/h2-6,11-12H,7-8H2,1H3,(H,24,25)/t11-,12-/m1/s1. The van der Waals surface area contributed by atoms with Crippen LogP contribution in [-0.4, -0.2) is 46.1 Å². The van der Waals surface area contributed by atoms with Crippen LogP contribution in [-0.2, 0) is 4.79 Å². The number of rotatable bonds is 3. The molecule has 1 N–H and O–H groups in total. The molecule has 0 spiro atoms. The van der Waals surface area contributed by atoms with Crippen molar-refractivity contribution in [3.63, 3.8) is 0 Å². The van der Waals surface area contributed by atoms with Crippen LogP contribution in [0.25, 0.3) is 11.3 Å². The summed E-state index contributed by atoms with van der Waals surface area (Å²) in [5.41, 5.74) is 1.09. The number of hydrogen-bond donors (Lipinski definition) is 1. The zero-order valence-corrected chi connectivity index (χ0v) is 14.5. The van der Waals surface area contributed by atoms with Gasteiger partial charge < -0.3 is 10.0 Å². The minimum Gasteiger partial charge on any atom is -0.481 e. The summed E-state index contributed by atoms with van der Waals surface area (Å²) < 4.78 is 39.4. The van der Waals surface area contributed by atoms with Crippen LogP contribution < -0.4 is 0 Å². The minimum absolute atomic E-state index is 0.223. The number of amides is 1. The highest BCUT2D eigenvalue weighted by Gasteiger charge is 2.53. The molecule has 1 amide bonds. The van der Waals surface area contributed by atoms with Gasteiger partial charge in [-0.2, -0.15) is 13.2 Å². The van der Waals surface area contributed by atoms with Crippen LogP contribution >= 0.6 is 11.3 Å². The lowest BCUT2D eigenvalue weighted by Gasteiger charge is -2.18. The summed E-state index contributed by atoms with van der Waals surface area (Å²) in [6, 6.07) is 8.86. The molecule has 26 heavy (non-hydrogen) atoms. The number of likely N-dealkylation sites (tertiary alicyclic amines) is 1. The van der Waals surface area contributed by atoms with Gasteiger partial charge in [-0.15, -0.1) is 11.3 Å². The molecule has 0 unspecified atom stereocenters. The Balaban J connectivity index is 1.93. The molecule has 9 heteroatoms. The van der Waals surface area contributed by atoms with Crippen LogP contribution in [0.1, 0.15) is 14.7 Å². The van der Waals surface area contributed by atoms with E-state index in [1.807, 2.05) is 0 Å². The molecule has 0 bridgehead atoms. The van der Waals surface area contributed by atoms with E-state index in [1.54, 1.807) is 37.3 Å². The normalized spacial score (nSPS) is 20.4. The van der Waals surface area contributed by atoms with Crippen LogP contribution in [0.5, 0.6) is 0 Å². The number of hydrogen-bond acceptors (Lipinski definition) is 4. The maximum atomic E-state index is 13.1. The van der Waals surface area contributed by atoms with E-state index < -0.39 is 43.0 Å². The summed E-state index contributed by atoms with van der Waals surface area (Å²) in [4.78, 5) is 29.6. The molecule has 1 saturated heterocycles. The van der Waals surface area contributed by atoms with E-state index >= 15 is 0 Å². The third-order valence-corrected chi connectivity index (χ3v) is 5.28. The van der Waals surface area contributed by atoms with E-state index in [1.165, 1.54) is 0 Å². The van der Waals surface area contributed by atoms with Crippen LogP contribution in [0.4, 0.5) is 13.2 Å². The molecule has 2 aromatic rings. The quantitative estimate of drug-likeness (QED) is 0.880. The SMILES string of the molecule is Cc1nc(-c2ccccc2)c(C(=O)N2C[C@@H](C(F)(F)F)[C@H](C(=O)O)C2)s1. The maximum absolute atomic E-state index is 13.1. The number of carbonyl (C=O) groups excluding carboxylic acids is 1. The topological polar surface area (TPSA) is 70.5 Å². The van der Waals surface area contributed by atoms with Crippen molar-refractivity contribution < 1.29 is 27.9 Å². The van der Waals surface area contributed by atoms with Crippen molar-refractivity contribution in [2.45, 2.75) is 13.1 Å². The lowest BCUT2D eigenvalue weighted by Crippen LogP contribution is -2.34. The van der Waals surface area contributed by atoms with Crippen molar-refractivity contribution in [1.29, 1.82) is 0 Å². The fraction of sp³-hybridized carbons (Fsp3) is 0.353. The average molecular weight is 384 g/mol. The Morgan fingerprint density at radius 1 is 1.23 bits per heavy atom. The van der Waals surface area contributed by atoms with Crippen molar-refractivity contribution in [3.05, 3.63) is 40.2 Å². The van der Waals surface area contributed by atoms with Crippen LogP contribution in [0.2, 0.25) is 0 Å². The molecule has 138 valence electrons. The Morgan fingerprint density at radius 2 is 1.88 bits per heavy atom. The summed E-state index contributed by atoms with van der Waals surface area (Å²) in [6.45, 7) is 0.574. The number of carboxylic acid groups (broad SMARTS) is 1. The van der Waals surface area contributed by atoms with Crippen molar-refractivity contribution in [2.24, 2.45) is 11.8 Å². The van der Waals surface area contributed by atoms with Gasteiger partial charge in [-0.1, -0.05) is 30.3 Å². The van der Waals surface area contributed by atoms with Crippen LogP contribution in [0.15, 0.2) is 30.3 Å². The summed E-state index contributed by atoms with van der Waals surface area (Å²) >= 11 is 1.09. The summed E-state index contributed by atoms with van der Waals surface area (Å²) in [6.07, 6.45) is -4.68. The monoisotopic (exact) mass is 384 g/mol. The van der Waals surface area contributed by atoms with Gasteiger partial charge in [0.25, 0.3) is 5.91 Å². The van der Waals surface area contributed by atoms with E-state index in [-0.39, 0.29) is 4.88 Å². The van der Waals surface area contributed by atoms with Gasteiger partial charge in [0.15, 0.2) is 0 Å². The molecule has 1 aromatic heterocycles. The summed E-state index contributed by atoms with van der Waals surface area (Å²) in [5.74, 6) is -5.90. The van der Waals surface area contributed by atoms with E-state index in [0.29, 0.717) is 16.3 Å². The van der Waals surface area contributed by atoms with Crippen molar-refractivity contribution in [2.75, 3.05) is 13.1 Å². The van der Waals surface area contributed by atoms with Crippen LogP contribution in [0, 0.1) is 18.8 Å². The van der Waals surface area contributed by atoms with E-state index in [4.69, 9.17) is 5.11 Å². The Bertz CT molecular complexity index is 836. The Kier molecular flexibility index (Phi) is 4.74. The minimum atomic E-state index is -4.68. The average Bonchev–Trinajstić information content (AvgIpc) is 3.19. The Labute approximate surface area is 151 Å². The predicted octanol–water partition coefficient (Wildman–Crippen LogP) is 3.45. The van der Waals surface area contributed by atoms with Crippen molar-refractivity contribution >= 4 is 23.2 Å². The molecular formula is C17H15F3N2O3S. The highest BCUT2D eigenvalue weighted by molar-refractivity contribution is 7.14. The molecule has 5 nitrogen and oxygen atoms in total. The van der Waals surface area contributed by atoms with Gasteiger partial charge >= 0.3 is 12.1 Å². The molecule has 0 saturated carbocycles. The first-order valence-corrected chi connectivity index (χ1v) is 8.61. The van der Waals surface area contributed by atoms with E-state index in [9.17, 15) is 22.8 Å². The van der Waals surface area contributed by atoms with Crippen molar-refractivity contribution in [1.82, 2.24) is 9.88 Å². The van der Waals surface area contributed by atoms with Gasteiger partial charge in [0.1, 0.15) is 4.88 Å². The number of thiazole rings is 1. The number of halogens is 3. The molecule has 0 radical (unpaired) electrons. The first-order valence-electron chi connectivity index (χ1n) is 7.80. The third-order valence-electron chi connectivity index (χ3n) is 4.32. The number of carbonyl (C=O) groups is 2. The molecule has 0 aliphatic carbocycles. The second kappa shape index (κ2) is 6.71. The van der Waals surface area contributed by atoms with E-state index in [2.05, 4.69) is 4.98 Å². The Morgan fingerprint density at radius 3 is 2.42 bits per heavy atom. The number of aromatic nitrogens is 1. The largest absolute Gasteiger partial charge is 0.481 e. The summed E-state index contributed by atoms with van der Waals surface area (Å²) in [5, 5.41) is 9.71. The maximum Gasteiger partial charge on any atom is 0.394 e. The predicted molar refractivity (Wildman–Crippen MR) is 88.9 cm³/mol. The zero-order chi connectivity index (χ0) is 19.1. The number of alkyl halides is 3. The fourth-order valence-corrected chi connectivity index (χ4v) is 3.97. The van der Waals surface area contributed by atoms with Gasteiger partial charge in [0.2, 0.25) is 0 Å². The fourth-order valence-electron chi connectivity index (χ4n) is 3.06. The molecule has 3 rings (SSSR count). The Hall–Kier alpha value is -2.42. The highest BCUT2D eigenvalue weighted by Crippen LogP contribution is 2.39. The molecule has 2 atom stereocenters. The van der Waals surface area contributed by atoms with E-state index in [0.717, 1.165) is 16.2 Å². The molecule has 1 aliphatic rings. The molecular weight excluding hydrogens is 369 g/mol. The smallest absolute Gasteiger partial charge is 0.394 e. The number of nitrogens with zero attached hydrogens (tertiary/aromatic N) is 2. The zero-order valence-electron chi connectivity index (χ0n) is 13.7. The molecule has 1 fully saturated rings. The number of carboxylic acids is 1. The second-order valence-corrected chi connectivity index (χ2v) is 7.28.